The summed E-state index contributed by atoms with van der Waals surface area (Å²) < 4.78 is 85.6. The standard InChI is InChI=1S/C22H19F5N2O.O2S/c1-3-14-10-15(19-8-5-16(11-28-19)22(25,26)27)4-7-18(14)20-9-6-17(12-29-20)30-13-21(2,23)24;1-3-2/h4-12H,3,13H2,1-2H3;. The number of hydrogen-bond donors (Lipinski definition) is 0. The Morgan fingerprint density at radius 1 is 0.909 bits per heavy atom. The van der Waals surface area contributed by atoms with Crippen molar-refractivity contribution in [1.82, 2.24) is 9.97 Å². The molecular weight excluding hydrogens is 467 g/mol. The molecule has 0 N–H and O–H groups in total. The molecule has 0 unspecified atom stereocenters. The number of ether oxygens (including phenoxy) is 1. The minimum absolute atomic E-state index is 0.240. The van der Waals surface area contributed by atoms with Crippen LogP contribution in [0, 0.1) is 0 Å². The zero-order valence-corrected chi connectivity index (χ0v) is 18.3. The van der Waals surface area contributed by atoms with Crippen molar-refractivity contribution in [3.8, 4) is 28.3 Å². The molecule has 0 aliphatic rings. The third kappa shape index (κ3) is 7.70. The van der Waals surface area contributed by atoms with Crippen molar-refractivity contribution in [2.75, 3.05) is 6.61 Å². The second-order valence-electron chi connectivity index (χ2n) is 6.96. The van der Waals surface area contributed by atoms with Crippen LogP contribution >= 0.6 is 0 Å². The molecular formula is C22H19F5N2O3S. The molecule has 33 heavy (non-hydrogen) atoms. The average Bonchev–Trinajstić information content (AvgIpc) is 2.77. The number of hydrogen-bond acceptors (Lipinski definition) is 5. The fraction of sp³-hybridized carbons (Fsp3) is 0.273. The fourth-order valence-electron chi connectivity index (χ4n) is 2.86. The molecule has 3 rings (SSSR count). The van der Waals surface area contributed by atoms with Crippen LogP contribution in [0.3, 0.4) is 0 Å². The Kier molecular flexibility index (Phi) is 8.75. The Labute approximate surface area is 190 Å². The highest BCUT2D eigenvalue weighted by Gasteiger charge is 2.30. The van der Waals surface area contributed by atoms with E-state index in [-0.39, 0.29) is 5.75 Å². The smallest absolute Gasteiger partial charge is 0.417 e. The number of nitrogens with zero attached hydrogens (tertiary/aromatic N) is 2. The van der Waals surface area contributed by atoms with Crippen LogP contribution in [0.2, 0.25) is 0 Å². The molecule has 176 valence electrons. The number of pyridine rings is 2. The molecule has 0 aliphatic heterocycles. The second-order valence-corrected chi connectivity index (χ2v) is 7.10. The van der Waals surface area contributed by atoms with Gasteiger partial charge in [0.1, 0.15) is 5.75 Å². The highest BCUT2D eigenvalue weighted by Crippen LogP contribution is 2.32. The fourth-order valence-corrected chi connectivity index (χ4v) is 2.86. The number of benzene rings is 1. The zero-order chi connectivity index (χ0) is 24.6. The van der Waals surface area contributed by atoms with E-state index in [9.17, 15) is 22.0 Å². The van der Waals surface area contributed by atoms with Crippen LogP contribution in [0.25, 0.3) is 22.5 Å². The van der Waals surface area contributed by atoms with Crippen molar-refractivity contribution in [2.24, 2.45) is 0 Å². The Morgan fingerprint density at radius 2 is 1.55 bits per heavy atom. The van der Waals surface area contributed by atoms with E-state index < -0.39 is 35.8 Å². The lowest BCUT2D eigenvalue weighted by molar-refractivity contribution is -0.137. The molecule has 0 atom stereocenters. The lowest BCUT2D eigenvalue weighted by atomic mass is 9.97. The topological polar surface area (TPSA) is 69.2 Å². The largest absolute Gasteiger partial charge is 0.486 e. The Bertz CT molecular complexity index is 1090. The van der Waals surface area contributed by atoms with Crippen LogP contribution in [-0.4, -0.2) is 30.9 Å². The Balaban J connectivity index is 0.00000122. The number of rotatable bonds is 6. The van der Waals surface area contributed by atoms with E-state index in [0.29, 0.717) is 23.4 Å². The molecule has 0 spiro atoms. The van der Waals surface area contributed by atoms with E-state index in [1.165, 1.54) is 12.3 Å². The molecule has 2 heterocycles. The minimum atomic E-state index is -4.43. The highest BCUT2D eigenvalue weighted by atomic mass is 32.1. The second kappa shape index (κ2) is 11.1. The van der Waals surface area contributed by atoms with Gasteiger partial charge in [0.2, 0.25) is 0 Å². The van der Waals surface area contributed by atoms with Gasteiger partial charge in [-0.1, -0.05) is 19.1 Å². The van der Waals surface area contributed by atoms with Gasteiger partial charge in [-0.15, -0.1) is 0 Å². The molecule has 0 amide bonds. The normalized spacial score (nSPS) is 11.4. The van der Waals surface area contributed by atoms with Crippen LogP contribution < -0.4 is 4.74 Å². The maximum absolute atomic E-state index is 12.9. The monoisotopic (exact) mass is 486 g/mol. The van der Waals surface area contributed by atoms with E-state index in [0.717, 1.165) is 30.3 Å². The molecule has 0 saturated heterocycles. The van der Waals surface area contributed by atoms with Gasteiger partial charge in [-0.2, -0.15) is 21.6 Å². The van der Waals surface area contributed by atoms with E-state index in [4.69, 9.17) is 13.2 Å². The van der Waals surface area contributed by atoms with Gasteiger partial charge >= 0.3 is 17.7 Å². The first-order chi connectivity index (χ1) is 15.5. The average molecular weight is 486 g/mol. The lowest BCUT2D eigenvalue weighted by Gasteiger charge is -2.13. The van der Waals surface area contributed by atoms with Gasteiger partial charge in [0, 0.05) is 24.2 Å². The van der Waals surface area contributed by atoms with Gasteiger partial charge in [-0.05, 0) is 42.3 Å². The third-order valence-corrected chi connectivity index (χ3v) is 4.38. The first-order valence-corrected chi connectivity index (χ1v) is 10.2. The summed E-state index contributed by atoms with van der Waals surface area (Å²) in [4.78, 5) is 8.22. The van der Waals surface area contributed by atoms with Gasteiger partial charge in [0.05, 0.1) is 23.1 Å². The predicted molar refractivity (Wildman–Crippen MR) is 112 cm³/mol. The van der Waals surface area contributed by atoms with Crippen molar-refractivity contribution in [3.63, 3.8) is 0 Å². The van der Waals surface area contributed by atoms with Crippen LogP contribution in [0.15, 0.2) is 54.9 Å². The van der Waals surface area contributed by atoms with E-state index in [1.54, 1.807) is 18.2 Å². The van der Waals surface area contributed by atoms with Crippen LogP contribution in [-0.2, 0) is 24.2 Å². The van der Waals surface area contributed by atoms with Gasteiger partial charge in [0.15, 0.2) is 6.61 Å². The highest BCUT2D eigenvalue weighted by molar-refractivity contribution is 7.51. The number of alkyl halides is 5. The Morgan fingerprint density at radius 3 is 2.03 bits per heavy atom. The summed E-state index contributed by atoms with van der Waals surface area (Å²) in [6.07, 6.45) is -1.58. The summed E-state index contributed by atoms with van der Waals surface area (Å²) in [6, 6.07) is 11.0. The lowest BCUT2D eigenvalue weighted by Crippen LogP contribution is -2.20. The van der Waals surface area contributed by atoms with Crippen LogP contribution in [0.4, 0.5) is 22.0 Å². The van der Waals surface area contributed by atoms with Gasteiger partial charge in [-0.3, -0.25) is 9.97 Å². The zero-order valence-electron chi connectivity index (χ0n) is 17.5. The summed E-state index contributed by atoms with van der Waals surface area (Å²) in [5, 5.41) is 0. The van der Waals surface area contributed by atoms with Gasteiger partial charge in [0.25, 0.3) is 5.92 Å². The number of halogens is 5. The first-order valence-electron chi connectivity index (χ1n) is 9.54. The maximum Gasteiger partial charge on any atom is 0.417 e. The molecule has 0 fully saturated rings. The minimum Gasteiger partial charge on any atom is -0.486 e. The Hall–Kier alpha value is -3.21. The first kappa shape index (κ1) is 26.0. The predicted octanol–water partition coefficient (Wildman–Crippen LogP) is 5.76. The summed E-state index contributed by atoms with van der Waals surface area (Å²) in [7, 11) is 0. The van der Waals surface area contributed by atoms with Gasteiger partial charge in [-0.25, -0.2) is 8.78 Å². The summed E-state index contributed by atoms with van der Waals surface area (Å²) in [6.45, 7) is 1.99. The molecule has 0 aliphatic carbocycles. The molecule has 0 saturated carbocycles. The van der Waals surface area contributed by atoms with E-state index in [1.807, 2.05) is 19.1 Å². The molecule has 0 radical (unpaired) electrons. The summed E-state index contributed by atoms with van der Waals surface area (Å²) in [5.74, 6) is -2.69. The summed E-state index contributed by atoms with van der Waals surface area (Å²) >= 11 is -0.750. The van der Waals surface area contributed by atoms with Crippen molar-refractivity contribution in [2.45, 2.75) is 32.4 Å². The van der Waals surface area contributed by atoms with Crippen molar-refractivity contribution in [3.05, 3.63) is 66.0 Å². The number of aryl methyl sites for hydroxylation is 1. The van der Waals surface area contributed by atoms with Crippen LogP contribution in [0.1, 0.15) is 25.0 Å². The van der Waals surface area contributed by atoms with Crippen molar-refractivity contribution >= 4 is 11.6 Å². The van der Waals surface area contributed by atoms with Crippen LogP contribution in [0.5, 0.6) is 5.75 Å². The molecule has 5 nitrogen and oxygen atoms in total. The number of aromatic nitrogens is 2. The third-order valence-electron chi connectivity index (χ3n) is 4.38. The summed E-state index contributed by atoms with van der Waals surface area (Å²) in [5.41, 5.74) is 2.72. The molecule has 2 aromatic heterocycles. The SMILES string of the molecule is CCc1cc(-c2ccc(C(F)(F)F)cn2)ccc1-c1ccc(OCC(C)(F)F)cn1.O=S=O. The van der Waals surface area contributed by atoms with Gasteiger partial charge < -0.3 is 4.74 Å². The molecule has 1 aromatic carbocycles. The van der Waals surface area contributed by atoms with E-state index >= 15 is 0 Å². The maximum atomic E-state index is 12.9. The van der Waals surface area contributed by atoms with Crippen molar-refractivity contribution < 1.29 is 35.1 Å². The van der Waals surface area contributed by atoms with Crippen molar-refractivity contribution in [1.29, 1.82) is 0 Å². The molecule has 3 aromatic rings. The molecule has 0 bridgehead atoms. The van der Waals surface area contributed by atoms with E-state index in [2.05, 4.69) is 9.97 Å². The quantitative estimate of drug-likeness (QED) is 0.415. The molecule has 11 heteroatoms.